The van der Waals surface area contributed by atoms with Gasteiger partial charge in [0.05, 0.1) is 6.04 Å². The Bertz CT molecular complexity index is 219. The first-order valence-electron chi connectivity index (χ1n) is 5.25. The zero-order valence-corrected chi connectivity index (χ0v) is 8.37. The van der Waals surface area contributed by atoms with Gasteiger partial charge in [-0.25, -0.2) is 0 Å². The maximum absolute atomic E-state index is 5.43. The first-order valence-corrected chi connectivity index (χ1v) is 5.25. The monoisotopic (exact) mass is 178 g/mol. The van der Waals surface area contributed by atoms with Crippen LogP contribution < -0.4 is 0 Å². The number of hydrogen-bond donors (Lipinski definition) is 0. The molecule has 0 radical (unpaired) electrons. The molecule has 0 aromatic carbocycles. The second kappa shape index (κ2) is 3.69. The molecule has 0 aliphatic carbocycles. The summed E-state index contributed by atoms with van der Waals surface area (Å²) in [5.41, 5.74) is 0. The number of rotatable bonds is 1. The summed E-state index contributed by atoms with van der Waals surface area (Å²) in [5.74, 6) is 2.82. The van der Waals surface area contributed by atoms with Gasteiger partial charge in [0, 0.05) is 25.7 Å². The minimum Gasteiger partial charge on any atom is -0.298 e. The summed E-state index contributed by atoms with van der Waals surface area (Å²) in [5, 5.41) is 0. The highest BCUT2D eigenvalue weighted by atomic mass is 15.3. The fourth-order valence-electron chi connectivity index (χ4n) is 2.47. The quantitative estimate of drug-likeness (QED) is 0.548. The van der Waals surface area contributed by atoms with E-state index in [-0.39, 0.29) is 0 Å². The van der Waals surface area contributed by atoms with Crippen molar-refractivity contribution in [3.8, 4) is 12.3 Å². The second-order valence-corrected chi connectivity index (χ2v) is 4.17. The molecule has 0 saturated carbocycles. The van der Waals surface area contributed by atoms with Crippen LogP contribution in [0.15, 0.2) is 0 Å². The third kappa shape index (κ3) is 1.72. The Kier molecular flexibility index (Phi) is 2.57. The van der Waals surface area contributed by atoms with Crippen molar-refractivity contribution in [2.75, 3.05) is 26.2 Å². The van der Waals surface area contributed by atoms with Crippen molar-refractivity contribution in [1.29, 1.82) is 0 Å². The van der Waals surface area contributed by atoms with Gasteiger partial charge in [0.25, 0.3) is 0 Å². The molecule has 2 saturated heterocycles. The van der Waals surface area contributed by atoms with Crippen LogP contribution in [0.25, 0.3) is 0 Å². The van der Waals surface area contributed by atoms with Gasteiger partial charge in [-0.2, -0.15) is 0 Å². The second-order valence-electron chi connectivity index (χ2n) is 4.17. The highest BCUT2D eigenvalue weighted by Gasteiger charge is 2.31. The summed E-state index contributed by atoms with van der Waals surface area (Å²) in [7, 11) is 0. The van der Waals surface area contributed by atoms with Crippen LogP contribution in [0.1, 0.15) is 19.8 Å². The Hall–Kier alpha value is -0.520. The molecular weight excluding hydrogens is 160 g/mol. The molecule has 0 aromatic heterocycles. The van der Waals surface area contributed by atoms with E-state index in [2.05, 4.69) is 22.6 Å². The average molecular weight is 178 g/mol. The Morgan fingerprint density at radius 3 is 3.00 bits per heavy atom. The average Bonchev–Trinajstić information content (AvgIpc) is 2.63. The van der Waals surface area contributed by atoms with E-state index in [1.165, 1.54) is 32.5 Å². The molecule has 2 atom stereocenters. The zero-order chi connectivity index (χ0) is 9.26. The summed E-state index contributed by atoms with van der Waals surface area (Å²) in [6, 6.07) is 1.12. The van der Waals surface area contributed by atoms with Gasteiger partial charge in [-0.05, 0) is 26.3 Å². The molecule has 72 valence electrons. The number of fused-ring (bicyclic) bond motifs is 1. The van der Waals surface area contributed by atoms with Gasteiger partial charge < -0.3 is 0 Å². The fourth-order valence-corrected chi connectivity index (χ4v) is 2.47. The van der Waals surface area contributed by atoms with Crippen molar-refractivity contribution in [3.63, 3.8) is 0 Å². The molecule has 2 fully saturated rings. The molecular formula is C11H18N2. The SMILES string of the molecule is C#CC(C)N1CCN2CCCC2C1. The molecule has 0 aromatic rings. The lowest BCUT2D eigenvalue weighted by Crippen LogP contribution is -2.52. The molecule has 0 amide bonds. The molecule has 0 bridgehead atoms. The van der Waals surface area contributed by atoms with Gasteiger partial charge in [-0.1, -0.05) is 5.92 Å². The number of terminal acetylenes is 1. The third-order valence-corrected chi connectivity index (χ3v) is 3.41. The molecule has 2 nitrogen and oxygen atoms in total. The summed E-state index contributed by atoms with van der Waals surface area (Å²) in [6.07, 6.45) is 8.18. The van der Waals surface area contributed by atoms with Crippen LogP contribution in [-0.4, -0.2) is 48.1 Å². The van der Waals surface area contributed by atoms with Crippen molar-refractivity contribution in [2.45, 2.75) is 31.8 Å². The highest BCUT2D eigenvalue weighted by Crippen LogP contribution is 2.22. The van der Waals surface area contributed by atoms with Crippen LogP contribution in [0.5, 0.6) is 0 Å². The van der Waals surface area contributed by atoms with Crippen molar-refractivity contribution in [2.24, 2.45) is 0 Å². The van der Waals surface area contributed by atoms with E-state index in [9.17, 15) is 0 Å². The summed E-state index contributed by atoms with van der Waals surface area (Å²) in [6.45, 7) is 7.00. The Morgan fingerprint density at radius 2 is 2.23 bits per heavy atom. The predicted octanol–water partition coefficient (Wildman–Crippen LogP) is 0.788. The van der Waals surface area contributed by atoms with Crippen LogP contribution in [0.4, 0.5) is 0 Å². The summed E-state index contributed by atoms with van der Waals surface area (Å²) < 4.78 is 0. The van der Waals surface area contributed by atoms with Crippen LogP contribution in [-0.2, 0) is 0 Å². The molecule has 2 aliphatic heterocycles. The minimum absolute atomic E-state index is 0.322. The molecule has 13 heavy (non-hydrogen) atoms. The van der Waals surface area contributed by atoms with Crippen molar-refractivity contribution in [3.05, 3.63) is 0 Å². The van der Waals surface area contributed by atoms with Crippen LogP contribution in [0.2, 0.25) is 0 Å². The fraction of sp³-hybridized carbons (Fsp3) is 0.818. The number of nitrogens with zero attached hydrogens (tertiary/aromatic N) is 2. The lowest BCUT2D eigenvalue weighted by atomic mass is 10.1. The maximum atomic E-state index is 5.43. The van der Waals surface area contributed by atoms with E-state index in [0.717, 1.165) is 12.6 Å². The third-order valence-electron chi connectivity index (χ3n) is 3.41. The first kappa shape index (κ1) is 9.05. The Labute approximate surface area is 80.9 Å². The van der Waals surface area contributed by atoms with E-state index in [0.29, 0.717) is 6.04 Å². The van der Waals surface area contributed by atoms with E-state index < -0.39 is 0 Å². The van der Waals surface area contributed by atoms with Crippen molar-refractivity contribution >= 4 is 0 Å². The summed E-state index contributed by atoms with van der Waals surface area (Å²) >= 11 is 0. The Balaban J connectivity index is 1.94. The lowest BCUT2D eigenvalue weighted by Gasteiger charge is -2.39. The van der Waals surface area contributed by atoms with Gasteiger partial charge in [0.1, 0.15) is 0 Å². The Morgan fingerprint density at radius 1 is 1.38 bits per heavy atom. The molecule has 0 N–H and O–H groups in total. The van der Waals surface area contributed by atoms with Crippen LogP contribution >= 0.6 is 0 Å². The van der Waals surface area contributed by atoms with Crippen molar-refractivity contribution in [1.82, 2.24) is 9.80 Å². The van der Waals surface area contributed by atoms with Gasteiger partial charge in [-0.15, -0.1) is 6.42 Å². The normalized spacial score (nSPS) is 32.5. The van der Waals surface area contributed by atoms with Gasteiger partial charge in [0.15, 0.2) is 0 Å². The summed E-state index contributed by atoms with van der Waals surface area (Å²) in [4.78, 5) is 5.05. The predicted molar refractivity (Wildman–Crippen MR) is 54.5 cm³/mol. The molecule has 2 rings (SSSR count). The zero-order valence-electron chi connectivity index (χ0n) is 8.37. The first-order chi connectivity index (χ1) is 6.31. The van der Waals surface area contributed by atoms with Gasteiger partial charge >= 0.3 is 0 Å². The topological polar surface area (TPSA) is 6.48 Å². The van der Waals surface area contributed by atoms with Crippen LogP contribution in [0, 0.1) is 12.3 Å². The van der Waals surface area contributed by atoms with Crippen LogP contribution in [0.3, 0.4) is 0 Å². The highest BCUT2D eigenvalue weighted by molar-refractivity contribution is 5.00. The largest absolute Gasteiger partial charge is 0.298 e. The van der Waals surface area contributed by atoms with E-state index in [4.69, 9.17) is 6.42 Å². The standard InChI is InChI=1S/C11H18N2/c1-3-10(2)13-8-7-12-6-4-5-11(12)9-13/h1,10-11H,4-9H2,2H3. The molecule has 2 aliphatic rings. The number of piperazine rings is 1. The molecule has 2 unspecified atom stereocenters. The van der Waals surface area contributed by atoms with E-state index in [1.54, 1.807) is 0 Å². The minimum atomic E-state index is 0.322. The van der Waals surface area contributed by atoms with E-state index >= 15 is 0 Å². The van der Waals surface area contributed by atoms with Gasteiger partial charge in [0.2, 0.25) is 0 Å². The molecule has 2 heterocycles. The number of hydrogen-bond acceptors (Lipinski definition) is 2. The lowest BCUT2D eigenvalue weighted by molar-refractivity contribution is 0.0929. The van der Waals surface area contributed by atoms with Crippen molar-refractivity contribution < 1.29 is 0 Å². The maximum Gasteiger partial charge on any atom is 0.0684 e. The molecule has 2 heteroatoms. The smallest absolute Gasteiger partial charge is 0.0684 e. The molecule has 0 spiro atoms. The van der Waals surface area contributed by atoms with Gasteiger partial charge in [-0.3, -0.25) is 9.80 Å². The van der Waals surface area contributed by atoms with E-state index in [1.807, 2.05) is 0 Å².